The van der Waals surface area contributed by atoms with Gasteiger partial charge in [-0.15, -0.1) is 0 Å². The van der Waals surface area contributed by atoms with Crippen LogP contribution in [0, 0.1) is 0 Å². The number of anilines is 1. The number of ether oxygens (including phenoxy) is 1. The molecule has 0 aromatic carbocycles. The molecule has 3 rings (SSSR count). The maximum atomic E-state index is 5.14. The van der Waals surface area contributed by atoms with Crippen molar-refractivity contribution in [1.29, 1.82) is 0 Å². The van der Waals surface area contributed by atoms with Gasteiger partial charge in [-0.25, -0.2) is 19.9 Å². The van der Waals surface area contributed by atoms with Crippen molar-refractivity contribution in [3.8, 4) is 5.88 Å². The molecule has 3 aromatic heterocycles. The Bertz CT molecular complexity index is 767. The average Bonchev–Trinajstić information content (AvgIpc) is 2.90. The molecule has 7 heteroatoms. The first kappa shape index (κ1) is 13.3. The van der Waals surface area contributed by atoms with Crippen molar-refractivity contribution in [1.82, 2.24) is 24.5 Å². The first-order valence-corrected chi connectivity index (χ1v) is 6.52. The second-order valence-electron chi connectivity index (χ2n) is 4.81. The molecular weight excluding hydrogens is 268 g/mol. The van der Waals surface area contributed by atoms with Gasteiger partial charge in [0.1, 0.15) is 6.33 Å². The van der Waals surface area contributed by atoms with E-state index in [1.165, 1.54) is 0 Å². The summed E-state index contributed by atoms with van der Waals surface area (Å²) in [5.41, 5.74) is 2.46. The van der Waals surface area contributed by atoms with Crippen LogP contribution in [-0.2, 0) is 6.54 Å². The number of methoxy groups -OCH3 is 1. The molecule has 3 heterocycles. The Balaban J connectivity index is 1.99. The fourth-order valence-corrected chi connectivity index (χ4v) is 2.15. The lowest BCUT2D eigenvalue weighted by atomic mass is 10.3. The summed E-state index contributed by atoms with van der Waals surface area (Å²) in [6, 6.07) is 5.69. The molecule has 108 valence electrons. The second-order valence-corrected chi connectivity index (χ2v) is 4.81. The van der Waals surface area contributed by atoms with Crippen LogP contribution in [0.2, 0.25) is 0 Å². The highest BCUT2D eigenvalue weighted by molar-refractivity contribution is 5.83. The number of rotatable bonds is 4. The molecule has 3 aromatic rings. The van der Waals surface area contributed by atoms with Crippen molar-refractivity contribution in [3.05, 3.63) is 36.5 Å². The molecule has 0 unspecified atom stereocenters. The van der Waals surface area contributed by atoms with Gasteiger partial charge in [0.05, 0.1) is 25.7 Å². The molecule has 0 aliphatic heterocycles. The lowest BCUT2D eigenvalue weighted by Crippen LogP contribution is -2.11. The smallest absolute Gasteiger partial charge is 0.213 e. The summed E-state index contributed by atoms with van der Waals surface area (Å²) >= 11 is 0. The minimum absolute atomic E-state index is 0.581. The van der Waals surface area contributed by atoms with Gasteiger partial charge in [-0.1, -0.05) is 6.07 Å². The number of hydrogen-bond acceptors (Lipinski definition) is 6. The third kappa shape index (κ3) is 2.49. The van der Waals surface area contributed by atoms with Crippen LogP contribution in [0.4, 0.5) is 5.82 Å². The van der Waals surface area contributed by atoms with Gasteiger partial charge in [0.15, 0.2) is 17.0 Å². The molecule has 0 radical (unpaired) electrons. The van der Waals surface area contributed by atoms with E-state index in [0.717, 1.165) is 22.7 Å². The van der Waals surface area contributed by atoms with Gasteiger partial charge >= 0.3 is 0 Å². The minimum atomic E-state index is 0.581. The SMILES string of the molecule is COc1cccc(Cn2cnc3c(N(C)C)ncnc32)n1. The van der Waals surface area contributed by atoms with Crippen molar-refractivity contribution >= 4 is 17.0 Å². The lowest BCUT2D eigenvalue weighted by Gasteiger charge is -2.11. The fourth-order valence-electron chi connectivity index (χ4n) is 2.15. The van der Waals surface area contributed by atoms with E-state index in [4.69, 9.17) is 4.74 Å². The van der Waals surface area contributed by atoms with Crippen LogP contribution in [0.3, 0.4) is 0 Å². The van der Waals surface area contributed by atoms with Crippen molar-refractivity contribution < 1.29 is 4.74 Å². The van der Waals surface area contributed by atoms with E-state index in [2.05, 4.69) is 19.9 Å². The predicted octanol–water partition coefficient (Wildman–Crippen LogP) is 1.34. The van der Waals surface area contributed by atoms with Gasteiger partial charge in [0, 0.05) is 20.2 Å². The van der Waals surface area contributed by atoms with Crippen LogP contribution < -0.4 is 9.64 Å². The lowest BCUT2D eigenvalue weighted by molar-refractivity contribution is 0.396. The van der Waals surface area contributed by atoms with Crippen LogP contribution in [-0.4, -0.2) is 45.7 Å². The molecule has 0 saturated carbocycles. The van der Waals surface area contributed by atoms with Crippen molar-refractivity contribution in [2.75, 3.05) is 26.1 Å². The van der Waals surface area contributed by atoms with Crippen LogP contribution in [0.1, 0.15) is 5.69 Å². The van der Waals surface area contributed by atoms with Gasteiger partial charge in [-0.2, -0.15) is 0 Å². The Labute approximate surface area is 122 Å². The molecule has 0 atom stereocenters. The molecular formula is C14H16N6O. The highest BCUT2D eigenvalue weighted by atomic mass is 16.5. The molecule has 0 N–H and O–H groups in total. The Morgan fingerprint density at radius 2 is 2.05 bits per heavy atom. The summed E-state index contributed by atoms with van der Waals surface area (Å²) < 4.78 is 7.09. The fraction of sp³-hybridized carbons (Fsp3) is 0.286. The molecule has 0 spiro atoms. The second kappa shape index (κ2) is 5.35. The van der Waals surface area contributed by atoms with E-state index in [1.54, 1.807) is 19.8 Å². The first-order chi connectivity index (χ1) is 10.2. The highest BCUT2D eigenvalue weighted by Crippen LogP contribution is 2.20. The number of hydrogen-bond donors (Lipinski definition) is 0. The van der Waals surface area contributed by atoms with E-state index in [9.17, 15) is 0 Å². The molecule has 21 heavy (non-hydrogen) atoms. The molecule has 0 fully saturated rings. The van der Waals surface area contributed by atoms with Crippen molar-refractivity contribution in [2.24, 2.45) is 0 Å². The van der Waals surface area contributed by atoms with E-state index >= 15 is 0 Å². The zero-order valence-electron chi connectivity index (χ0n) is 12.2. The highest BCUT2D eigenvalue weighted by Gasteiger charge is 2.12. The summed E-state index contributed by atoms with van der Waals surface area (Å²) in [6.07, 6.45) is 3.31. The zero-order valence-corrected chi connectivity index (χ0v) is 12.2. The summed E-state index contributed by atoms with van der Waals surface area (Å²) in [5.74, 6) is 1.40. The van der Waals surface area contributed by atoms with Crippen molar-refractivity contribution in [2.45, 2.75) is 6.54 Å². The summed E-state index contributed by atoms with van der Waals surface area (Å²) in [6.45, 7) is 0.581. The minimum Gasteiger partial charge on any atom is -0.481 e. The van der Waals surface area contributed by atoms with E-state index < -0.39 is 0 Å². The van der Waals surface area contributed by atoms with Crippen LogP contribution >= 0.6 is 0 Å². The maximum Gasteiger partial charge on any atom is 0.213 e. The standard InChI is InChI=1S/C14H16N6O/c1-19(2)13-12-14(16-8-15-13)20(9-17-12)7-10-5-4-6-11(18-10)21-3/h4-6,8-9H,7H2,1-3H3. The van der Waals surface area contributed by atoms with Gasteiger partial charge in [-0.3, -0.25) is 0 Å². The number of fused-ring (bicyclic) bond motifs is 1. The molecule has 0 saturated heterocycles. The van der Waals surface area contributed by atoms with Crippen LogP contribution in [0.5, 0.6) is 5.88 Å². The first-order valence-electron chi connectivity index (χ1n) is 6.52. The normalized spacial score (nSPS) is 10.8. The molecule has 0 bridgehead atoms. The Kier molecular flexibility index (Phi) is 3.39. The van der Waals surface area contributed by atoms with Crippen molar-refractivity contribution in [3.63, 3.8) is 0 Å². The quantitative estimate of drug-likeness (QED) is 0.720. The third-order valence-electron chi connectivity index (χ3n) is 3.13. The van der Waals surface area contributed by atoms with E-state index in [-0.39, 0.29) is 0 Å². The molecule has 7 nitrogen and oxygen atoms in total. The van der Waals surface area contributed by atoms with Gasteiger partial charge in [0.25, 0.3) is 0 Å². The van der Waals surface area contributed by atoms with Gasteiger partial charge < -0.3 is 14.2 Å². The third-order valence-corrected chi connectivity index (χ3v) is 3.13. The molecule has 0 aliphatic carbocycles. The molecule has 0 aliphatic rings. The maximum absolute atomic E-state index is 5.14. The number of imidazole rings is 1. The summed E-state index contributed by atoms with van der Waals surface area (Å²) in [5, 5.41) is 0. The predicted molar refractivity (Wildman–Crippen MR) is 79.5 cm³/mol. The topological polar surface area (TPSA) is 69.0 Å². The Morgan fingerprint density at radius 1 is 1.19 bits per heavy atom. The monoisotopic (exact) mass is 284 g/mol. The van der Waals surface area contributed by atoms with Gasteiger partial charge in [0.2, 0.25) is 5.88 Å². The number of pyridine rings is 1. The number of aromatic nitrogens is 5. The summed E-state index contributed by atoms with van der Waals surface area (Å²) in [7, 11) is 5.48. The Morgan fingerprint density at radius 3 is 2.81 bits per heavy atom. The van der Waals surface area contributed by atoms with E-state index in [0.29, 0.717) is 12.4 Å². The van der Waals surface area contributed by atoms with Crippen LogP contribution in [0.15, 0.2) is 30.9 Å². The largest absolute Gasteiger partial charge is 0.481 e. The molecule has 0 amide bonds. The summed E-state index contributed by atoms with van der Waals surface area (Å²) in [4.78, 5) is 19.3. The zero-order chi connectivity index (χ0) is 14.8. The Hall–Kier alpha value is -2.70. The van der Waals surface area contributed by atoms with Crippen LogP contribution in [0.25, 0.3) is 11.2 Å². The van der Waals surface area contributed by atoms with E-state index in [1.807, 2.05) is 41.8 Å². The average molecular weight is 284 g/mol. The number of nitrogens with zero attached hydrogens (tertiary/aromatic N) is 6. The van der Waals surface area contributed by atoms with Gasteiger partial charge in [-0.05, 0) is 6.07 Å².